The highest BCUT2D eigenvalue weighted by Crippen LogP contribution is 2.28. The van der Waals surface area contributed by atoms with Gasteiger partial charge in [0, 0.05) is 6.07 Å². The van der Waals surface area contributed by atoms with Crippen LogP contribution in [0.25, 0.3) is 0 Å². The third-order valence-electron chi connectivity index (χ3n) is 2.03. The largest absolute Gasteiger partial charge is 0.497 e. The molecule has 17 heavy (non-hydrogen) atoms. The Labute approximate surface area is 99.2 Å². The van der Waals surface area contributed by atoms with E-state index in [1.807, 2.05) is 0 Å². The van der Waals surface area contributed by atoms with Gasteiger partial charge in [-0.05, 0) is 12.1 Å². The van der Waals surface area contributed by atoms with E-state index < -0.39 is 0 Å². The van der Waals surface area contributed by atoms with Crippen LogP contribution in [0.2, 0.25) is 0 Å². The Kier molecular flexibility index (Phi) is 4.33. The zero-order valence-corrected chi connectivity index (χ0v) is 9.74. The second-order valence-corrected chi connectivity index (χ2v) is 3.32. The highest BCUT2D eigenvalue weighted by molar-refractivity contribution is 6.04. The number of ether oxygens (including phenoxy) is 2. The number of rotatable bonds is 5. The first kappa shape index (κ1) is 12.8. The Morgan fingerprint density at radius 2 is 2.12 bits per heavy atom. The number of carbonyl (C=O) groups excluding carboxylic acids is 1. The molecule has 0 fully saturated rings. The maximum atomic E-state index is 11.5. The van der Waals surface area contributed by atoms with Gasteiger partial charge in [-0.3, -0.25) is 10.2 Å². The molecule has 0 atom stereocenters. The molecule has 4 N–H and O–H groups in total. The number of hydrogen-bond acceptors (Lipinski definition) is 4. The number of methoxy groups -OCH3 is 2. The van der Waals surface area contributed by atoms with Crippen molar-refractivity contribution < 1.29 is 14.3 Å². The lowest BCUT2D eigenvalue weighted by Gasteiger charge is -2.11. The average Bonchev–Trinajstić information content (AvgIpc) is 2.27. The van der Waals surface area contributed by atoms with E-state index >= 15 is 0 Å². The smallest absolute Gasteiger partial charge is 0.232 e. The monoisotopic (exact) mass is 237 g/mol. The molecule has 0 saturated heterocycles. The van der Waals surface area contributed by atoms with Crippen molar-refractivity contribution in [1.29, 1.82) is 5.41 Å². The van der Waals surface area contributed by atoms with Crippen LogP contribution in [0.3, 0.4) is 0 Å². The predicted octanol–water partition coefficient (Wildman–Crippen LogP) is 0.968. The SMILES string of the molecule is COc1ccc(OC)c(NC(=O)CC(=N)N)c1. The van der Waals surface area contributed by atoms with Gasteiger partial charge >= 0.3 is 0 Å². The molecule has 0 unspecified atom stereocenters. The summed E-state index contributed by atoms with van der Waals surface area (Å²) in [6.45, 7) is 0. The van der Waals surface area contributed by atoms with Crippen molar-refractivity contribution in [3.05, 3.63) is 18.2 Å². The number of anilines is 1. The Morgan fingerprint density at radius 1 is 1.41 bits per heavy atom. The van der Waals surface area contributed by atoms with Crippen molar-refractivity contribution in [3.8, 4) is 11.5 Å². The molecule has 0 spiro atoms. The molecular formula is C11H15N3O3. The fraction of sp³-hybridized carbons (Fsp3) is 0.273. The van der Waals surface area contributed by atoms with Crippen LogP contribution in [-0.4, -0.2) is 26.0 Å². The van der Waals surface area contributed by atoms with Crippen LogP contribution in [0.5, 0.6) is 11.5 Å². The van der Waals surface area contributed by atoms with E-state index in [1.54, 1.807) is 18.2 Å². The number of amides is 1. The standard InChI is InChI=1S/C11H15N3O3/c1-16-7-3-4-9(17-2)8(5-7)14-11(15)6-10(12)13/h3-5H,6H2,1-2H3,(H3,12,13)(H,14,15). The lowest BCUT2D eigenvalue weighted by molar-refractivity contribution is -0.115. The Bertz CT molecular complexity index is 432. The molecule has 0 bridgehead atoms. The van der Waals surface area contributed by atoms with Gasteiger partial charge in [0.1, 0.15) is 17.3 Å². The van der Waals surface area contributed by atoms with Gasteiger partial charge in [0.2, 0.25) is 5.91 Å². The predicted molar refractivity (Wildman–Crippen MR) is 64.7 cm³/mol. The minimum Gasteiger partial charge on any atom is -0.497 e. The van der Waals surface area contributed by atoms with Gasteiger partial charge in [-0.15, -0.1) is 0 Å². The molecule has 1 amide bonds. The Hall–Kier alpha value is -2.24. The van der Waals surface area contributed by atoms with Crippen molar-refractivity contribution in [2.24, 2.45) is 5.73 Å². The van der Waals surface area contributed by atoms with Crippen LogP contribution in [0, 0.1) is 5.41 Å². The van der Waals surface area contributed by atoms with Crippen molar-refractivity contribution >= 4 is 17.4 Å². The van der Waals surface area contributed by atoms with E-state index in [-0.39, 0.29) is 18.2 Å². The zero-order chi connectivity index (χ0) is 12.8. The molecule has 0 aliphatic heterocycles. The number of nitrogens with one attached hydrogen (secondary N) is 2. The van der Waals surface area contributed by atoms with Gasteiger partial charge in [0.15, 0.2) is 0 Å². The van der Waals surface area contributed by atoms with Gasteiger partial charge in [-0.25, -0.2) is 0 Å². The molecule has 6 heteroatoms. The van der Waals surface area contributed by atoms with Gasteiger partial charge in [0.25, 0.3) is 0 Å². The van der Waals surface area contributed by atoms with E-state index in [1.165, 1.54) is 14.2 Å². The number of benzene rings is 1. The molecule has 1 aromatic carbocycles. The van der Waals surface area contributed by atoms with E-state index in [4.69, 9.17) is 20.6 Å². The first-order valence-electron chi connectivity index (χ1n) is 4.91. The second kappa shape index (κ2) is 5.74. The van der Waals surface area contributed by atoms with Crippen LogP contribution >= 0.6 is 0 Å². The first-order valence-corrected chi connectivity index (χ1v) is 4.91. The summed E-state index contributed by atoms with van der Waals surface area (Å²) >= 11 is 0. The van der Waals surface area contributed by atoms with Gasteiger partial charge in [0.05, 0.1) is 26.3 Å². The lowest BCUT2D eigenvalue weighted by atomic mass is 10.2. The summed E-state index contributed by atoms with van der Waals surface area (Å²) in [6, 6.07) is 5.04. The summed E-state index contributed by atoms with van der Waals surface area (Å²) in [5, 5.41) is 9.63. The van der Waals surface area contributed by atoms with Crippen molar-refractivity contribution in [2.45, 2.75) is 6.42 Å². The molecule has 0 aromatic heterocycles. The van der Waals surface area contributed by atoms with Crippen molar-refractivity contribution in [3.63, 3.8) is 0 Å². The molecule has 0 aliphatic carbocycles. The number of carbonyl (C=O) groups is 1. The minimum absolute atomic E-state index is 0.152. The molecule has 0 heterocycles. The molecule has 92 valence electrons. The number of nitrogens with two attached hydrogens (primary N) is 1. The van der Waals surface area contributed by atoms with Gasteiger partial charge < -0.3 is 20.5 Å². The third-order valence-corrected chi connectivity index (χ3v) is 2.03. The molecule has 0 radical (unpaired) electrons. The first-order chi connectivity index (χ1) is 8.06. The number of hydrogen-bond donors (Lipinski definition) is 3. The van der Waals surface area contributed by atoms with E-state index in [2.05, 4.69) is 5.32 Å². The third kappa shape index (κ3) is 3.67. The maximum Gasteiger partial charge on any atom is 0.232 e. The molecule has 0 saturated carbocycles. The molecular weight excluding hydrogens is 222 g/mol. The molecule has 1 aromatic rings. The van der Waals surface area contributed by atoms with E-state index in [0.29, 0.717) is 17.2 Å². The summed E-state index contributed by atoms with van der Waals surface area (Å²) in [5.74, 6) is 0.556. The quantitative estimate of drug-likeness (QED) is 0.525. The highest BCUT2D eigenvalue weighted by atomic mass is 16.5. The summed E-state index contributed by atoms with van der Waals surface area (Å²) in [4.78, 5) is 11.5. The topological polar surface area (TPSA) is 97.4 Å². The van der Waals surface area contributed by atoms with E-state index in [9.17, 15) is 4.79 Å². The van der Waals surface area contributed by atoms with Crippen LogP contribution in [0.1, 0.15) is 6.42 Å². The average molecular weight is 237 g/mol. The summed E-state index contributed by atoms with van der Waals surface area (Å²) in [7, 11) is 3.03. The van der Waals surface area contributed by atoms with Crippen LogP contribution < -0.4 is 20.5 Å². The van der Waals surface area contributed by atoms with Crippen molar-refractivity contribution in [1.82, 2.24) is 0 Å². The zero-order valence-electron chi connectivity index (χ0n) is 9.74. The fourth-order valence-corrected chi connectivity index (χ4v) is 1.28. The van der Waals surface area contributed by atoms with Gasteiger partial charge in [-0.1, -0.05) is 0 Å². The van der Waals surface area contributed by atoms with E-state index in [0.717, 1.165) is 0 Å². The van der Waals surface area contributed by atoms with Crippen molar-refractivity contribution in [2.75, 3.05) is 19.5 Å². The molecule has 1 rings (SSSR count). The summed E-state index contributed by atoms with van der Waals surface area (Å²) in [6.07, 6.45) is -0.152. The van der Waals surface area contributed by atoms with Crippen LogP contribution in [0.15, 0.2) is 18.2 Å². The molecule has 0 aliphatic rings. The molecule has 6 nitrogen and oxygen atoms in total. The summed E-state index contributed by atoms with van der Waals surface area (Å²) < 4.78 is 10.1. The van der Waals surface area contributed by atoms with Crippen LogP contribution in [-0.2, 0) is 4.79 Å². The highest BCUT2D eigenvalue weighted by Gasteiger charge is 2.09. The Balaban J connectivity index is 2.87. The second-order valence-electron chi connectivity index (χ2n) is 3.32. The minimum atomic E-state index is -0.371. The van der Waals surface area contributed by atoms with Gasteiger partial charge in [-0.2, -0.15) is 0 Å². The number of amidine groups is 1. The summed E-state index contributed by atoms with van der Waals surface area (Å²) in [5.41, 5.74) is 5.62. The fourth-order valence-electron chi connectivity index (χ4n) is 1.28. The maximum absolute atomic E-state index is 11.5. The normalized spacial score (nSPS) is 9.53. The lowest BCUT2D eigenvalue weighted by Crippen LogP contribution is -2.21. The van der Waals surface area contributed by atoms with Crippen LogP contribution in [0.4, 0.5) is 5.69 Å². The Morgan fingerprint density at radius 3 is 2.65 bits per heavy atom.